The summed E-state index contributed by atoms with van der Waals surface area (Å²) in [5, 5.41) is 1.43. The number of rotatable bonds is 5. The van der Waals surface area contributed by atoms with Crippen LogP contribution in [0.25, 0.3) is 22.0 Å². The number of aryl methyl sites for hydroxylation is 1. The highest BCUT2D eigenvalue weighted by atomic mass is 16.7. The Kier molecular flexibility index (Phi) is 4.34. The molecule has 6 nitrogen and oxygen atoms in total. The molecule has 1 aromatic heterocycles. The van der Waals surface area contributed by atoms with Gasteiger partial charge in [0.15, 0.2) is 23.0 Å². The molecule has 5 rings (SSSR count). The first-order chi connectivity index (χ1) is 14.2. The molecular weight excluding hydrogens is 370 g/mol. The van der Waals surface area contributed by atoms with Gasteiger partial charge in [0.1, 0.15) is 0 Å². The van der Waals surface area contributed by atoms with Gasteiger partial charge in [-0.15, -0.1) is 0 Å². The summed E-state index contributed by atoms with van der Waals surface area (Å²) in [6.07, 6.45) is 2.80. The van der Waals surface area contributed by atoms with Gasteiger partial charge in [0.2, 0.25) is 6.79 Å². The van der Waals surface area contributed by atoms with E-state index < -0.39 is 0 Å². The number of fused-ring (bicyclic) bond motifs is 6. The lowest BCUT2D eigenvalue weighted by atomic mass is 9.95. The molecule has 0 fully saturated rings. The van der Waals surface area contributed by atoms with E-state index in [1.807, 2.05) is 28.8 Å². The molecule has 150 valence electrons. The van der Waals surface area contributed by atoms with E-state index in [1.165, 1.54) is 0 Å². The Labute approximate surface area is 168 Å². The normalized spacial score (nSPS) is 13.9. The fourth-order valence-electron chi connectivity index (χ4n) is 4.12. The van der Waals surface area contributed by atoms with Gasteiger partial charge in [-0.2, -0.15) is 0 Å². The van der Waals surface area contributed by atoms with E-state index in [1.54, 1.807) is 7.11 Å². The molecule has 0 spiro atoms. The molecule has 0 N–H and O–H groups in total. The van der Waals surface area contributed by atoms with Gasteiger partial charge in [0.25, 0.3) is 5.56 Å². The predicted molar refractivity (Wildman–Crippen MR) is 110 cm³/mol. The van der Waals surface area contributed by atoms with Crippen LogP contribution in [0.3, 0.4) is 0 Å². The highest BCUT2D eigenvalue weighted by molar-refractivity contribution is 5.93. The monoisotopic (exact) mass is 393 g/mol. The van der Waals surface area contributed by atoms with Crippen molar-refractivity contribution < 1.29 is 18.9 Å². The lowest BCUT2D eigenvalue weighted by molar-refractivity contribution is 0.174. The SMILES string of the molecule is CCCCOc1cc2c(cc1OC)CCn1c-2cc2ccc3c(c2c1=O)OCO3. The van der Waals surface area contributed by atoms with E-state index in [-0.39, 0.29) is 12.4 Å². The molecule has 2 aromatic carbocycles. The standard InChI is InChI=1S/C23H23NO5/c1-3-4-9-27-20-12-16-14(11-19(20)26-2)7-8-24-17(16)10-15-5-6-18-22(29-13-28-18)21(15)23(24)25/h5-6,10-12H,3-4,7-9,13H2,1-2H3. The van der Waals surface area contributed by atoms with Gasteiger partial charge < -0.3 is 23.5 Å². The van der Waals surface area contributed by atoms with Crippen molar-refractivity contribution in [2.45, 2.75) is 32.7 Å². The molecule has 0 saturated heterocycles. The van der Waals surface area contributed by atoms with Crippen molar-refractivity contribution in [3.63, 3.8) is 0 Å². The fraction of sp³-hybridized carbons (Fsp3) is 0.348. The van der Waals surface area contributed by atoms with Crippen LogP contribution >= 0.6 is 0 Å². The van der Waals surface area contributed by atoms with Crippen molar-refractivity contribution >= 4 is 10.8 Å². The number of methoxy groups -OCH3 is 1. The van der Waals surface area contributed by atoms with Gasteiger partial charge in [0, 0.05) is 12.1 Å². The van der Waals surface area contributed by atoms with Gasteiger partial charge >= 0.3 is 0 Å². The fourth-order valence-corrected chi connectivity index (χ4v) is 4.12. The van der Waals surface area contributed by atoms with Crippen molar-refractivity contribution in [2.24, 2.45) is 0 Å². The van der Waals surface area contributed by atoms with E-state index in [0.717, 1.165) is 47.2 Å². The number of hydrogen-bond donors (Lipinski definition) is 0. The Morgan fingerprint density at radius 3 is 2.86 bits per heavy atom. The number of nitrogens with zero attached hydrogens (tertiary/aromatic N) is 1. The second kappa shape index (κ2) is 7.03. The van der Waals surface area contributed by atoms with Crippen LogP contribution < -0.4 is 24.5 Å². The van der Waals surface area contributed by atoms with Gasteiger partial charge in [-0.1, -0.05) is 19.4 Å². The van der Waals surface area contributed by atoms with E-state index >= 15 is 0 Å². The minimum Gasteiger partial charge on any atom is -0.493 e. The molecule has 6 heteroatoms. The smallest absolute Gasteiger partial charge is 0.262 e. The summed E-state index contributed by atoms with van der Waals surface area (Å²) in [7, 11) is 1.66. The quantitative estimate of drug-likeness (QED) is 0.610. The molecule has 0 unspecified atom stereocenters. The molecule has 3 heterocycles. The van der Waals surface area contributed by atoms with Crippen LogP contribution in [0.4, 0.5) is 0 Å². The van der Waals surface area contributed by atoms with Gasteiger partial charge in [-0.25, -0.2) is 0 Å². The topological polar surface area (TPSA) is 58.9 Å². The largest absolute Gasteiger partial charge is 0.493 e. The molecule has 29 heavy (non-hydrogen) atoms. The van der Waals surface area contributed by atoms with Crippen LogP contribution in [-0.4, -0.2) is 25.1 Å². The summed E-state index contributed by atoms with van der Waals surface area (Å²) in [4.78, 5) is 13.3. The van der Waals surface area contributed by atoms with Crippen molar-refractivity contribution in [3.8, 4) is 34.3 Å². The lowest BCUT2D eigenvalue weighted by Crippen LogP contribution is -2.26. The Morgan fingerprint density at radius 2 is 2.03 bits per heavy atom. The molecule has 3 aromatic rings. The molecular formula is C23H23NO5. The van der Waals surface area contributed by atoms with Crippen LogP contribution in [0.15, 0.2) is 35.1 Å². The molecule has 0 saturated carbocycles. The maximum atomic E-state index is 13.3. The summed E-state index contributed by atoms with van der Waals surface area (Å²) in [6, 6.07) is 9.88. The Balaban J connectivity index is 1.68. The van der Waals surface area contributed by atoms with Gasteiger partial charge in [0.05, 0.1) is 24.8 Å². The number of ether oxygens (including phenoxy) is 4. The first-order valence-electron chi connectivity index (χ1n) is 10.0. The first-order valence-corrected chi connectivity index (χ1v) is 10.0. The number of hydrogen-bond acceptors (Lipinski definition) is 5. The number of aromatic nitrogens is 1. The van der Waals surface area contributed by atoms with Crippen LogP contribution in [0.5, 0.6) is 23.0 Å². The number of benzene rings is 2. The minimum absolute atomic E-state index is 0.0465. The maximum Gasteiger partial charge on any atom is 0.262 e. The third-order valence-electron chi connectivity index (χ3n) is 5.64. The Hall–Kier alpha value is -3.15. The molecule has 2 aliphatic rings. The Morgan fingerprint density at radius 1 is 1.14 bits per heavy atom. The second-order valence-corrected chi connectivity index (χ2v) is 7.36. The van der Waals surface area contributed by atoms with E-state index in [9.17, 15) is 4.79 Å². The lowest BCUT2D eigenvalue weighted by Gasteiger charge is -2.24. The maximum absolute atomic E-state index is 13.3. The third kappa shape index (κ3) is 2.82. The van der Waals surface area contributed by atoms with Crippen LogP contribution in [-0.2, 0) is 13.0 Å². The van der Waals surface area contributed by atoms with Gasteiger partial charge in [-0.05, 0) is 48.1 Å². The number of unbranched alkanes of at least 4 members (excludes halogenated alkanes) is 1. The average Bonchev–Trinajstić information content (AvgIpc) is 3.22. The van der Waals surface area contributed by atoms with Gasteiger partial charge in [-0.3, -0.25) is 4.79 Å². The van der Waals surface area contributed by atoms with Crippen molar-refractivity contribution in [1.29, 1.82) is 0 Å². The highest BCUT2D eigenvalue weighted by Crippen LogP contribution is 2.42. The summed E-state index contributed by atoms with van der Waals surface area (Å²) < 4.78 is 24.4. The molecule has 0 atom stereocenters. The van der Waals surface area contributed by atoms with Crippen molar-refractivity contribution in [1.82, 2.24) is 4.57 Å². The molecule has 2 aliphatic heterocycles. The van der Waals surface area contributed by atoms with E-state index in [4.69, 9.17) is 18.9 Å². The zero-order chi connectivity index (χ0) is 20.0. The Bertz CT molecular complexity index is 1160. The number of pyridine rings is 1. The summed E-state index contributed by atoms with van der Waals surface area (Å²) in [6.45, 7) is 3.53. The first kappa shape index (κ1) is 17.9. The summed E-state index contributed by atoms with van der Waals surface area (Å²) >= 11 is 0. The molecule has 0 bridgehead atoms. The minimum atomic E-state index is -0.0465. The van der Waals surface area contributed by atoms with E-state index in [2.05, 4.69) is 13.0 Å². The molecule has 0 aliphatic carbocycles. The highest BCUT2D eigenvalue weighted by Gasteiger charge is 2.25. The summed E-state index contributed by atoms with van der Waals surface area (Å²) in [5.41, 5.74) is 3.02. The molecule has 0 amide bonds. The van der Waals surface area contributed by atoms with Crippen LogP contribution in [0.2, 0.25) is 0 Å². The van der Waals surface area contributed by atoms with Crippen molar-refractivity contribution in [2.75, 3.05) is 20.5 Å². The predicted octanol–water partition coefficient (Wildman–Crippen LogP) is 4.14. The van der Waals surface area contributed by atoms with Crippen LogP contribution in [0, 0.1) is 0 Å². The third-order valence-corrected chi connectivity index (χ3v) is 5.64. The zero-order valence-electron chi connectivity index (χ0n) is 16.6. The summed E-state index contributed by atoms with van der Waals surface area (Å²) in [5.74, 6) is 2.63. The second-order valence-electron chi connectivity index (χ2n) is 7.36. The van der Waals surface area contributed by atoms with Crippen LogP contribution in [0.1, 0.15) is 25.3 Å². The molecule has 0 radical (unpaired) electrons. The van der Waals surface area contributed by atoms with E-state index in [0.29, 0.717) is 35.8 Å². The van der Waals surface area contributed by atoms with Crippen molar-refractivity contribution in [3.05, 3.63) is 46.2 Å². The average molecular weight is 393 g/mol. The zero-order valence-corrected chi connectivity index (χ0v) is 16.6.